The van der Waals surface area contributed by atoms with Crippen LogP contribution in [0.4, 0.5) is 10.5 Å². The van der Waals surface area contributed by atoms with Crippen LogP contribution < -0.4 is 10.1 Å². The van der Waals surface area contributed by atoms with Gasteiger partial charge < -0.3 is 14.8 Å². The molecule has 9 heteroatoms. The average Bonchev–Trinajstić information content (AvgIpc) is 2.67. The Kier molecular flexibility index (Phi) is 8.23. The van der Waals surface area contributed by atoms with Crippen molar-refractivity contribution < 1.29 is 24.0 Å². The molecule has 1 atom stereocenters. The van der Waals surface area contributed by atoms with Crippen LogP contribution in [0.3, 0.4) is 0 Å². The Morgan fingerprint density at radius 3 is 2.30 bits per heavy atom. The van der Waals surface area contributed by atoms with E-state index in [0.717, 1.165) is 5.56 Å². The predicted octanol–water partition coefficient (Wildman–Crippen LogP) is 4.33. The fourth-order valence-corrected chi connectivity index (χ4v) is 3.31. The van der Waals surface area contributed by atoms with E-state index < -0.39 is 28.6 Å². The Hall–Kier alpha value is -3.07. The molecular weight excluding hydrogens is 408 g/mol. The maximum absolute atomic E-state index is 12.6. The van der Waals surface area contributed by atoms with Crippen molar-refractivity contribution in [2.75, 3.05) is 5.75 Å². The topological polar surface area (TPSA) is 108 Å². The van der Waals surface area contributed by atoms with E-state index in [-0.39, 0.29) is 17.2 Å². The standard InChI is InChI=1S/C21H24N2O6S/c1-21(2,3)29-20(25)22-18(14-30-13-15-7-5-4-6-8-15)19(24)28-17-11-9-16(10-12-17)23(26)27/h4-12,18H,13-14H2,1-3H3,(H,22,25)/t18-/m0/s1. The zero-order valence-corrected chi connectivity index (χ0v) is 17.8. The normalized spacial score (nSPS) is 12.0. The van der Waals surface area contributed by atoms with Gasteiger partial charge in [-0.05, 0) is 38.5 Å². The third-order valence-corrected chi connectivity index (χ3v) is 4.74. The molecule has 8 nitrogen and oxygen atoms in total. The number of nitro benzene ring substituents is 1. The van der Waals surface area contributed by atoms with Gasteiger partial charge in [0.05, 0.1) is 4.92 Å². The molecule has 0 aromatic heterocycles. The van der Waals surface area contributed by atoms with Gasteiger partial charge in [-0.3, -0.25) is 10.1 Å². The number of thioether (sulfide) groups is 1. The lowest BCUT2D eigenvalue weighted by molar-refractivity contribution is -0.384. The van der Waals surface area contributed by atoms with Gasteiger partial charge in [-0.2, -0.15) is 11.8 Å². The van der Waals surface area contributed by atoms with Crippen molar-refractivity contribution in [3.63, 3.8) is 0 Å². The first-order valence-electron chi connectivity index (χ1n) is 9.21. The van der Waals surface area contributed by atoms with Gasteiger partial charge in [0.2, 0.25) is 0 Å². The Morgan fingerprint density at radius 1 is 1.10 bits per heavy atom. The molecule has 2 rings (SSSR count). The van der Waals surface area contributed by atoms with Crippen LogP contribution in [0.25, 0.3) is 0 Å². The molecular formula is C21H24N2O6S. The molecule has 160 valence electrons. The van der Waals surface area contributed by atoms with Gasteiger partial charge in [-0.15, -0.1) is 0 Å². The van der Waals surface area contributed by atoms with Crippen LogP contribution in [0.15, 0.2) is 54.6 Å². The van der Waals surface area contributed by atoms with Crippen molar-refractivity contribution in [2.24, 2.45) is 0 Å². The molecule has 0 aliphatic carbocycles. The third kappa shape index (κ3) is 8.12. The summed E-state index contributed by atoms with van der Waals surface area (Å²) in [6, 6.07) is 13.9. The number of non-ortho nitro benzene ring substituents is 1. The minimum Gasteiger partial charge on any atom is -0.444 e. The summed E-state index contributed by atoms with van der Waals surface area (Å²) in [7, 11) is 0. The second kappa shape index (κ2) is 10.6. The highest BCUT2D eigenvalue weighted by Gasteiger charge is 2.26. The van der Waals surface area contributed by atoms with Crippen LogP contribution in [0.1, 0.15) is 26.3 Å². The highest BCUT2D eigenvalue weighted by Crippen LogP contribution is 2.19. The Labute approximate surface area is 179 Å². The molecule has 0 fully saturated rings. The zero-order chi connectivity index (χ0) is 22.1. The monoisotopic (exact) mass is 432 g/mol. The fraction of sp³-hybridized carbons (Fsp3) is 0.333. The Bertz CT molecular complexity index is 865. The Morgan fingerprint density at radius 2 is 1.73 bits per heavy atom. The fourth-order valence-electron chi connectivity index (χ4n) is 2.31. The minimum atomic E-state index is -0.955. The molecule has 0 aliphatic heterocycles. The summed E-state index contributed by atoms with van der Waals surface area (Å²) in [6.07, 6.45) is -0.728. The molecule has 1 amide bonds. The number of amides is 1. The molecule has 0 bridgehead atoms. The highest BCUT2D eigenvalue weighted by molar-refractivity contribution is 7.98. The van der Waals surface area contributed by atoms with Crippen molar-refractivity contribution in [1.29, 1.82) is 0 Å². The van der Waals surface area contributed by atoms with Crippen LogP contribution in [-0.2, 0) is 15.3 Å². The number of nitrogens with zero attached hydrogens (tertiary/aromatic N) is 1. The van der Waals surface area contributed by atoms with E-state index >= 15 is 0 Å². The Balaban J connectivity index is 2.03. The molecule has 30 heavy (non-hydrogen) atoms. The molecule has 0 saturated heterocycles. The van der Waals surface area contributed by atoms with E-state index in [2.05, 4.69) is 5.32 Å². The van der Waals surface area contributed by atoms with Crippen molar-refractivity contribution in [3.05, 3.63) is 70.3 Å². The number of hydrogen-bond donors (Lipinski definition) is 1. The summed E-state index contributed by atoms with van der Waals surface area (Å²) < 4.78 is 10.5. The second-order valence-corrected chi connectivity index (χ2v) is 8.40. The number of ether oxygens (including phenoxy) is 2. The maximum Gasteiger partial charge on any atom is 0.408 e. The second-order valence-electron chi connectivity index (χ2n) is 7.37. The number of carbonyl (C=O) groups excluding carboxylic acids is 2. The van der Waals surface area contributed by atoms with Gasteiger partial charge >= 0.3 is 12.1 Å². The maximum atomic E-state index is 12.6. The third-order valence-electron chi connectivity index (χ3n) is 3.64. The van der Waals surface area contributed by atoms with Crippen molar-refractivity contribution in [3.8, 4) is 5.75 Å². The van der Waals surface area contributed by atoms with Gasteiger partial charge in [0.1, 0.15) is 17.4 Å². The first kappa shape index (κ1) is 23.2. The van der Waals surface area contributed by atoms with Crippen molar-refractivity contribution in [1.82, 2.24) is 5.32 Å². The molecule has 0 spiro atoms. The summed E-state index contributed by atoms with van der Waals surface area (Å²) >= 11 is 1.46. The molecule has 0 unspecified atom stereocenters. The van der Waals surface area contributed by atoms with E-state index in [4.69, 9.17) is 9.47 Å². The molecule has 0 heterocycles. The molecule has 0 aliphatic rings. The van der Waals surface area contributed by atoms with Crippen molar-refractivity contribution in [2.45, 2.75) is 38.2 Å². The minimum absolute atomic E-state index is 0.114. The molecule has 0 radical (unpaired) electrons. The number of benzene rings is 2. The number of carbonyl (C=O) groups is 2. The molecule has 1 N–H and O–H groups in total. The van der Waals surface area contributed by atoms with Crippen LogP contribution in [0, 0.1) is 10.1 Å². The van der Waals surface area contributed by atoms with Crippen LogP contribution in [-0.4, -0.2) is 34.4 Å². The summed E-state index contributed by atoms with van der Waals surface area (Å²) in [4.78, 5) is 35.0. The molecule has 0 saturated carbocycles. The summed E-state index contributed by atoms with van der Waals surface area (Å²) in [5, 5.41) is 13.3. The van der Waals surface area contributed by atoms with Crippen LogP contribution in [0.2, 0.25) is 0 Å². The van der Waals surface area contributed by atoms with Crippen molar-refractivity contribution >= 4 is 29.5 Å². The van der Waals surface area contributed by atoms with E-state index in [0.29, 0.717) is 5.75 Å². The van der Waals surface area contributed by atoms with E-state index in [9.17, 15) is 19.7 Å². The first-order valence-corrected chi connectivity index (χ1v) is 10.4. The summed E-state index contributed by atoms with van der Waals surface area (Å²) in [5.41, 5.74) is 0.257. The largest absolute Gasteiger partial charge is 0.444 e. The number of hydrogen-bond acceptors (Lipinski definition) is 7. The number of nitrogens with one attached hydrogen (secondary N) is 1. The van der Waals surface area contributed by atoms with Crippen LogP contribution >= 0.6 is 11.8 Å². The van der Waals surface area contributed by atoms with E-state index in [1.165, 1.54) is 36.0 Å². The highest BCUT2D eigenvalue weighted by atomic mass is 32.2. The summed E-state index contributed by atoms with van der Waals surface area (Å²) in [5.74, 6) is 0.378. The average molecular weight is 432 g/mol. The van der Waals surface area contributed by atoms with Gasteiger partial charge in [0.25, 0.3) is 5.69 Å². The summed E-state index contributed by atoms with van der Waals surface area (Å²) in [6.45, 7) is 5.17. The van der Waals surface area contributed by atoms with Gasteiger partial charge in [0.15, 0.2) is 0 Å². The lowest BCUT2D eigenvalue weighted by Gasteiger charge is -2.22. The van der Waals surface area contributed by atoms with Gasteiger partial charge in [0, 0.05) is 23.6 Å². The van der Waals surface area contributed by atoms with Gasteiger partial charge in [-0.25, -0.2) is 9.59 Å². The molecule has 2 aromatic rings. The van der Waals surface area contributed by atoms with Gasteiger partial charge in [-0.1, -0.05) is 30.3 Å². The number of nitro groups is 1. The molecule has 2 aromatic carbocycles. The SMILES string of the molecule is CC(C)(C)OC(=O)N[C@@H](CSCc1ccccc1)C(=O)Oc1ccc([N+](=O)[O-])cc1. The number of esters is 1. The zero-order valence-electron chi connectivity index (χ0n) is 17.0. The van der Waals surface area contributed by atoms with E-state index in [1.54, 1.807) is 20.8 Å². The predicted molar refractivity (Wildman–Crippen MR) is 114 cm³/mol. The lowest BCUT2D eigenvalue weighted by Crippen LogP contribution is -2.46. The quantitative estimate of drug-likeness (QED) is 0.286. The smallest absolute Gasteiger partial charge is 0.408 e. The number of alkyl carbamates (subject to hydrolysis) is 1. The van der Waals surface area contributed by atoms with E-state index in [1.807, 2.05) is 30.3 Å². The lowest BCUT2D eigenvalue weighted by atomic mass is 10.2. The number of rotatable bonds is 8. The van der Waals surface area contributed by atoms with Crippen LogP contribution in [0.5, 0.6) is 5.75 Å². The first-order chi connectivity index (χ1) is 14.1.